The SMILES string of the molecule is C=CCCCCCCCOC1CCN(C(=O)O)[C@H](c2ccc(C(=O)OC)cc2CC=C)C1. The summed E-state index contributed by atoms with van der Waals surface area (Å²) in [5.74, 6) is -0.411. The molecule has 32 heavy (non-hydrogen) atoms. The third-order valence-electron chi connectivity index (χ3n) is 5.99. The van der Waals surface area contributed by atoms with Gasteiger partial charge in [0.05, 0.1) is 24.8 Å². The monoisotopic (exact) mass is 443 g/mol. The second-order valence-corrected chi connectivity index (χ2v) is 8.25. The number of carbonyl (C=O) groups is 2. The minimum Gasteiger partial charge on any atom is -0.465 e. The molecular weight excluding hydrogens is 406 g/mol. The van der Waals surface area contributed by atoms with Crippen LogP contribution in [0.3, 0.4) is 0 Å². The topological polar surface area (TPSA) is 76.1 Å². The molecule has 1 heterocycles. The number of hydrogen-bond acceptors (Lipinski definition) is 4. The fourth-order valence-corrected chi connectivity index (χ4v) is 4.29. The Kier molecular flexibility index (Phi) is 11.0. The summed E-state index contributed by atoms with van der Waals surface area (Å²) in [6, 6.07) is 5.01. The van der Waals surface area contributed by atoms with Gasteiger partial charge < -0.3 is 19.5 Å². The van der Waals surface area contributed by atoms with Crippen molar-refractivity contribution in [2.24, 2.45) is 0 Å². The number of allylic oxidation sites excluding steroid dienone is 2. The number of methoxy groups -OCH3 is 1. The maximum absolute atomic E-state index is 12.0. The van der Waals surface area contributed by atoms with Gasteiger partial charge >= 0.3 is 12.1 Å². The van der Waals surface area contributed by atoms with E-state index >= 15 is 0 Å². The molecule has 1 fully saturated rings. The van der Waals surface area contributed by atoms with Gasteiger partial charge in [-0.2, -0.15) is 0 Å². The molecule has 2 rings (SSSR count). The van der Waals surface area contributed by atoms with Crippen molar-refractivity contribution in [3.05, 3.63) is 60.2 Å². The van der Waals surface area contributed by atoms with Crippen molar-refractivity contribution < 1.29 is 24.2 Å². The number of carboxylic acid groups (broad SMARTS) is 1. The quantitative estimate of drug-likeness (QED) is 0.232. The van der Waals surface area contributed by atoms with Crippen LogP contribution in [0.5, 0.6) is 0 Å². The molecular formula is C26H37NO5. The van der Waals surface area contributed by atoms with E-state index in [9.17, 15) is 14.7 Å². The number of ether oxygens (including phenoxy) is 2. The molecule has 1 aliphatic rings. The molecule has 0 aliphatic carbocycles. The summed E-state index contributed by atoms with van der Waals surface area (Å²) in [5.41, 5.74) is 2.24. The summed E-state index contributed by atoms with van der Waals surface area (Å²) in [4.78, 5) is 25.4. The molecule has 1 aromatic carbocycles. The van der Waals surface area contributed by atoms with Gasteiger partial charge in [0.25, 0.3) is 0 Å². The number of amides is 1. The van der Waals surface area contributed by atoms with Gasteiger partial charge in [-0.1, -0.05) is 37.5 Å². The van der Waals surface area contributed by atoms with Crippen LogP contribution < -0.4 is 0 Å². The predicted molar refractivity (Wildman–Crippen MR) is 126 cm³/mol. The Balaban J connectivity index is 2.04. The molecule has 0 saturated carbocycles. The highest BCUT2D eigenvalue weighted by atomic mass is 16.5. The number of carbonyl (C=O) groups excluding carboxylic acids is 1. The summed E-state index contributed by atoms with van der Waals surface area (Å²) < 4.78 is 11.0. The molecule has 6 heteroatoms. The van der Waals surface area contributed by atoms with E-state index < -0.39 is 12.1 Å². The molecule has 2 atom stereocenters. The van der Waals surface area contributed by atoms with E-state index in [1.54, 1.807) is 18.2 Å². The van der Waals surface area contributed by atoms with Crippen LogP contribution in [0.15, 0.2) is 43.5 Å². The van der Waals surface area contributed by atoms with E-state index in [-0.39, 0.29) is 12.1 Å². The molecule has 0 radical (unpaired) electrons. The smallest absolute Gasteiger partial charge is 0.407 e. The standard InChI is InChI=1S/C26H37NO5/c1-4-6-7-8-9-10-11-17-32-22-15-16-27(26(29)30)24(19-22)23-14-13-21(25(28)31-3)18-20(23)12-5-2/h4-5,13-14,18,22,24H,1-2,6-12,15-17,19H2,3H3,(H,29,30)/t22?,24-/m0/s1. The van der Waals surface area contributed by atoms with Gasteiger partial charge in [-0.15, -0.1) is 13.2 Å². The highest BCUT2D eigenvalue weighted by Gasteiger charge is 2.34. The van der Waals surface area contributed by atoms with Gasteiger partial charge in [-0.05, 0) is 61.8 Å². The van der Waals surface area contributed by atoms with Crippen LogP contribution in [0.25, 0.3) is 0 Å². The Bertz CT molecular complexity index is 775. The summed E-state index contributed by atoms with van der Waals surface area (Å²) >= 11 is 0. The fraction of sp³-hybridized carbons (Fsp3) is 0.538. The van der Waals surface area contributed by atoms with Crippen molar-refractivity contribution in [1.82, 2.24) is 4.90 Å². The predicted octanol–water partition coefficient (Wildman–Crippen LogP) is 5.93. The second kappa shape index (κ2) is 13.7. The first-order valence-electron chi connectivity index (χ1n) is 11.6. The van der Waals surface area contributed by atoms with Crippen LogP contribution in [0.4, 0.5) is 4.79 Å². The van der Waals surface area contributed by atoms with Gasteiger partial charge in [0.1, 0.15) is 0 Å². The number of nitrogens with zero attached hydrogens (tertiary/aromatic N) is 1. The zero-order valence-electron chi connectivity index (χ0n) is 19.3. The molecule has 1 N–H and O–H groups in total. The van der Waals surface area contributed by atoms with Crippen molar-refractivity contribution >= 4 is 12.1 Å². The molecule has 0 bridgehead atoms. The summed E-state index contributed by atoms with van der Waals surface area (Å²) in [6.45, 7) is 8.69. The number of rotatable bonds is 13. The molecule has 1 aromatic rings. The number of piperidine rings is 1. The van der Waals surface area contributed by atoms with Gasteiger partial charge in [0, 0.05) is 13.2 Å². The van der Waals surface area contributed by atoms with Crippen LogP contribution in [-0.4, -0.2) is 48.4 Å². The van der Waals surface area contributed by atoms with Crippen LogP contribution in [0.2, 0.25) is 0 Å². The maximum atomic E-state index is 12.0. The van der Waals surface area contributed by atoms with E-state index in [2.05, 4.69) is 13.2 Å². The molecule has 1 amide bonds. The lowest BCUT2D eigenvalue weighted by Crippen LogP contribution is -2.43. The Morgan fingerprint density at radius 1 is 1.16 bits per heavy atom. The minimum absolute atomic E-state index is 0.0215. The first kappa shape index (κ1) is 25.7. The molecule has 6 nitrogen and oxygen atoms in total. The lowest BCUT2D eigenvalue weighted by Gasteiger charge is -2.38. The van der Waals surface area contributed by atoms with Gasteiger partial charge in [0.15, 0.2) is 0 Å². The Morgan fingerprint density at radius 3 is 2.59 bits per heavy atom. The highest BCUT2D eigenvalue weighted by Crippen LogP contribution is 2.35. The van der Waals surface area contributed by atoms with E-state index in [1.165, 1.54) is 31.3 Å². The number of unbranched alkanes of at least 4 members (excludes halogenated alkanes) is 5. The number of benzene rings is 1. The number of hydrogen-bond donors (Lipinski definition) is 1. The van der Waals surface area contributed by atoms with Crippen LogP contribution >= 0.6 is 0 Å². The molecule has 1 aliphatic heterocycles. The highest BCUT2D eigenvalue weighted by molar-refractivity contribution is 5.89. The summed E-state index contributed by atoms with van der Waals surface area (Å²) in [6.07, 6.45) is 11.5. The third-order valence-corrected chi connectivity index (χ3v) is 5.99. The van der Waals surface area contributed by atoms with Crippen LogP contribution in [0, 0.1) is 0 Å². The van der Waals surface area contributed by atoms with Crippen molar-refractivity contribution in [1.29, 1.82) is 0 Å². The molecule has 176 valence electrons. The lowest BCUT2D eigenvalue weighted by atomic mass is 9.88. The first-order chi connectivity index (χ1) is 15.5. The zero-order valence-corrected chi connectivity index (χ0v) is 19.3. The summed E-state index contributed by atoms with van der Waals surface area (Å²) in [5, 5.41) is 9.78. The fourth-order valence-electron chi connectivity index (χ4n) is 4.29. The van der Waals surface area contributed by atoms with Crippen molar-refractivity contribution in [2.75, 3.05) is 20.3 Å². The van der Waals surface area contributed by atoms with Crippen molar-refractivity contribution in [3.8, 4) is 0 Å². The molecule has 0 aromatic heterocycles. The third kappa shape index (κ3) is 7.52. The van der Waals surface area contributed by atoms with Crippen LogP contribution in [0.1, 0.15) is 78.9 Å². The van der Waals surface area contributed by atoms with Gasteiger partial charge in [-0.25, -0.2) is 9.59 Å². The molecule has 1 saturated heterocycles. The van der Waals surface area contributed by atoms with E-state index in [0.717, 1.165) is 30.4 Å². The summed E-state index contributed by atoms with van der Waals surface area (Å²) in [7, 11) is 1.35. The largest absolute Gasteiger partial charge is 0.465 e. The lowest BCUT2D eigenvalue weighted by molar-refractivity contribution is -0.0127. The molecule has 1 unspecified atom stereocenters. The van der Waals surface area contributed by atoms with Gasteiger partial charge in [-0.3, -0.25) is 0 Å². The van der Waals surface area contributed by atoms with Crippen molar-refractivity contribution in [3.63, 3.8) is 0 Å². The Morgan fingerprint density at radius 2 is 1.91 bits per heavy atom. The second-order valence-electron chi connectivity index (χ2n) is 8.25. The van der Waals surface area contributed by atoms with E-state index in [0.29, 0.717) is 38.0 Å². The number of esters is 1. The normalized spacial score (nSPS) is 18.2. The molecule has 0 spiro atoms. The van der Waals surface area contributed by atoms with Gasteiger partial charge in [0.2, 0.25) is 0 Å². The first-order valence-corrected chi connectivity index (χ1v) is 11.6. The Labute approximate surface area is 191 Å². The number of likely N-dealkylation sites (tertiary alicyclic amines) is 1. The average molecular weight is 444 g/mol. The van der Waals surface area contributed by atoms with E-state index in [1.807, 2.05) is 12.1 Å². The zero-order chi connectivity index (χ0) is 23.3. The average Bonchev–Trinajstić information content (AvgIpc) is 2.80. The van der Waals surface area contributed by atoms with Crippen molar-refractivity contribution in [2.45, 2.75) is 69.9 Å². The minimum atomic E-state index is -0.936. The van der Waals surface area contributed by atoms with Crippen LogP contribution in [-0.2, 0) is 15.9 Å². The Hall–Kier alpha value is -2.60. The van der Waals surface area contributed by atoms with E-state index in [4.69, 9.17) is 9.47 Å². The maximum Gasteiger partial charge on any atom is 0.407 e.